The summed E-state index contributed by atoms with van der Waals surface area (Å²) in [4.78, 5) is 45.3. The standard InChI is InChI=1S/C27H44N2O6.C22H36N2O4.ClH/c1-19(2)29(22-11-9-14-28(18-22)26(31)35-27(5,6)7)25(30)21-12-13-23(34-20(3)4)24(17-21)33-16-10-15-32-8;1-16(2)24(19-8-6-11-23-15-19)22(25)18-9-10-20(28-17(3)4)21(14-18)27-13-7-12-26-5;/h12-13,17,19-20,22H,9-11,14-16,18H2,1-8H3;9-10,14,16-17,19,23H,6-8,11-13,15H2,1-5H3;1H/t22-;19-;/m11./s1. The number of rotatable bonds is 20. The molecule has 0 bridgehead atoms. The molecule has 64 heavy (non-hydrogen) atoms. The minimum atomic E-state index is -0.558. The second kappa shape index (κ2) is 28.1. The lowest BCUT2D eigenvalue weighted by Gasteiger charge is -2.41. The number of piperidine rings is 2. The van der Waals surface area contributed by atoms with Crippen LogP contribution in [0, 0.1) is 0 Å². The summed E-state index contributed by atoms with van der Waals surface area (Å²) in [5, 5.41) is 3.41. The highest BCUT2D eigenvalue weighted by Crippen LogP contribution is 2.33. The summed E-state index contributed by atoms with van der Waals surface area (Å²) in [5.41, 5.74) is 0.611. The van der Waals surface area contributed by atoms with Crippen LogP contribution in [-0.4, -0.2) is 141 Å². The number of hydrogen-bond acceptors (Lipinski definition) is 11. The molecule has 2 aromatic carbocycles. The highest BCUT2D eigenvalue weighted by molar-refractivity contribution is 5.96. The summed E-state index contributed by atoms with van der Waals surface area (Å²) in [6, 6.07) is 11.1. The molecule has 2 aliphatic rings. The van der Waals surface area contributed by atoms with E-state index in [1.165, 1.54) is 0 Å². The molecule has 4 rings (SSSR count). The summed E-state index contributed by atoms with van der Waals surface area (Å²) in [7, 11) is 3.33. The van der Waals surface area contributed by atoms with Gasteiger partial charge in [-0.05, 0) is 145 Å². The number of carbonyl (C=O) groups excluding carboxylic acids is 3. The smallest absolute Gasteiger partial charge is 0.410 e. The van der Waals surface area contributed by atoms with Gasteiger partial charge in [0.15, 0.2) is 23.0 Å². The molecule has 0 spiro atoms. The van der Waals surface area contributed by atoms with Gasteiger partial charge in [-0.25, -0.2) is 4.79 Å². The predicted octanol–water partition coefficient (Wildman–Crippen LogP) is 9.05. The molecule has 3 amide bonds. The molecule has 2 aromatic rings. The van der Waals surface area contributed by atoms with Crippen LogP contribution in [0.5, 0.6) is 23.0 Å². The molecule has 0 aliphatic carbocycles. The van der Waals surface area contributed by atoms with Crippen molar-refractivity contribution in [3.63, 3.8) is 0 Å². The lowest BCUT2D eigenvalue weighted by molar-refractivity contribution is 0.00751. The molecule has 14 nitrogen and oxygen atoms in total. The van der Waals surface area contributed by atoms with Gasteiger partial charge in [0.2, 0.25) is 0 Å². The first-order chi connectivity index (χ1) is 29.9. The normalized spacial score (nSPS) is 16.4. The zero-order valence-corrected chi connectivity index (χ0v) is 42.0. The first-order valence-corrected chi connectivity index (χ1v) is 23.1. The van der Waals surface area contributed by atoms with Crippen molar-refractivity contribution in [2.75, 3.05) is 66.8 Å². The van der Waals surface area contributed by atoms with Gasteiger partial charge in [0.05, 0.1) is 31.5 Å². The van der Waals surface area contributed by atoms with E-state index in [0.717, 1.165) is 51.6 Å². The zero-order valence-electron chi connectivity index (χ0n) is 41.2. The zero-order chi connectivity index (χ0) is 46.7. The molecule has 0 aromatic heterocycles. The van der Waals surface area contributed by atoms with E-state index in [-0.39, 0.29) is 66.7 Å². The third-order valence-corrected chi connectivity index (χ3v) is 10.3. The first-order valence-electron chi connectivity index (χ1n) is 23.1. The molecule has 2 heterocycles. The molecule has 0 saturated carbocycles. The van der Waals surface area contributed by atoms with Gasteiger partial charge in [-0.3, -0.25) is 9.59 Å². The maximum Gasteiger partial charge on any atom is 0.410 e. The van der Waals surface area contributed by atoms with Crippen molar-refractivity contribution >= 4 is 30.3 Å². The quantitative estimate of drug-likeness (QED) is 0.127. The number of benzene rings is 2. The van der Waals surface area contributed by atoms with Crippen LogP contribution in [0.4, 0.5) is 4.79 Å². The van der Waals surface area contributed by atoms with Crippen LogP contribution in [0.25, 0.3) is 0 Å². The molecular formula is C49H81ClN4O10. The number of amides is 3. The van der Waals surface area contributed by atoms with E-state index in [1.807, 2.05) is 90.3 Å². The third-order valence-electron chi connectivity index (χ3n) is 10.3. The Labute approximate surface area is 390 Å². The summed E-state index contributed by atoms with van der Waals surface area (Å²) < 4.78 is 39.4. The number of likely N-dealkylation sites (tertiary alicyclic amines) is 1. The van der Waals surface area contributed by atoms with E-state index in [4.69, 9.17) is 33.2 Å². The van der Waals surface area contributed by atoms with Gasteiger partial charge in [0, 0.05) is 89.2 Å². The average molecular weight is 922 g/mol. The Hall–Kier alpha value is -3.98. The highest BCUT2D eigenvalue weighted by atomic mass is 35.5. The van der Waals surface area contributed by atoms with E-state index in [1.54, 1.807) is 37.3 Å². The van der Waals surface area contributed by atoms with E-state index in [9.17, 15) is 14.4 Å². The Kier molecular flexibility index (Phi) is 24.7. The molecule has 2 fully saturated rings. The number of hydrogen-bond donors (Lipinski definition) is 1. The third kappa shape index (κ3) is 18.5. The summed E-state index contributed by atoms with van der Waals surface area (Å²) in [6.07, 6.45) is 4.96. The van der Waals surface area contributed by atoms with Crippen LogP contribution in [0.3, 0.4) is 0 Å². The molecule has 2 saturated heterocycles. The fourth-order valence-corrected chi connectivity index (χ4v) is 7.67. The summed E-state index contributed by atoms with van der Waals surface area (Å²) in [5.74, 6) is 2.39. The molecule has 2 aliphatic heterocycles. The van der Waals surface area contributed by atoms with Crippen molar-refractivity contribution in [2.24, 2.45) is 0 Å². The lowest BCUT2D eigenvalue weighted by atomic mass is 10.0. The van der Waals surface area contributed by atoms with Crippen LogP contribution < -0.4 is 24.3 Å². The minimum absolute atomic E-state index is 0. The van der Waals surface area contributed by atoms with Crippen LogP contribution in [-0.2, 0) is 14.2 Å². The van der Waals surface area contributed by atoms with Crippen molar-refractivity contribution in [3.8, 4) is 23.0 Å². The van der Waals surface area contributed by atoms with Crippen molar-refractivity contribution in [2.45, 2.75) is 157 Å². The van der Waals surface area contributed by atoms with Gasteiger partial charge >= 0.3 is 6.09 Å². The Morgan fingerprint density at radius 2 is 1.16 bits per heavy atom. The monoisotopic (exact) mass is 921 g/mol. The van der Waals surface area contributed by atoms with Crippen molar-refractivity contribution in [3.05, 3.63) is 47.5 Å². The maximum atomic E-state index is 13.7. The van der Waals surface area contributed by atoms with Gasteiger partial charge in [-0.15, -0.1) is 12.4 Å². The molecule has 1 N–H and O–H groups in total. The second-order valence-corrected chi connectivity index (χ2v) is 18.4. The van der Waals surface area contributed by atoms with E-state index in [2.05, 4.69) is 19.2 Å². The van der Waals surface area contributed by atoms with Gasteiger partial charge in [-0.1, -0.05) is 0 Å². The number of halogens is 1. The summed E-state index contributed by atoms with van der Waals surface area (Å²) in [6.45, 7) is 26.7. The van der Waals surface area contributed by atoms with Gasteiger partial charge in [0.1, 0.15) is 5.60 Å². The molecule has 0 radical (unpaired) electrons. The van der Waals surface area contributed by atoms with Crippen molar-refractivity contribution < 1.29 is 47.5 Å². The van der Waals surface area contributed by atoms with Gasteiger partial charge in [0.25, 0.3) is 11.8 Å². The molecule has 364 valence electrons. The maximum absolute atomic E-state index is 13.7. The Balaban J connectivity index is 0.000000444. The fraction of sp³-hybridized carbons (Fsp3) is 0.694. The van der Waals surface area contributed by atoms with Gasteiger partial charge < -0.3 is 53.2 Å². The number of methoxy groups -OCH3 is 2. The van der Waals surface area contributed by atoms with Crippen molar-refractivity contribution in [1.82, 2.24) is 20.0 Å². The van der Waals surface area contributed by atoms with Crippen molar-refractivity contribution in [1.29, 1.82) is 0 Å². The van der Waals surface area contributed by atoms with E-state index in [0.29, 0.717) is 73.6 Å². The first kappa shape index (κ1) is 56.2. The number of nitrogens with one attached hydrogen (secondary N) is 1. The molecule has 15 heteroatoms. The lowest BCUT2D eigenvalue weighted by Crippen LogP contribution is -2.54. The van der Waals surface area contributed by atoms with Crippen LogP contribution in [0.1, 0.15) is 135 Å². The molecule has 2 atom stereocenters. The largest absolute Gasteiger partial charge is 0.490 e. The SMILES string of the molecule is COCCCOc1cc(C(=O)N(C(C)C)[C@@H]2CCCN(C(=O)OC(C)(C)C)C2)ccc1OC(C)C.COCCCOc1cc(C(=O)N(C(C)C)[C@@H]2CCCNC2)ccc1OC(C)C.Cl. The highest BCUT2D eigenvalue weighted by Gasteiger charge is 2.35. The predicted molar refractivity (Wildman–Crippen MR) is 255 cm³/mol. The fourth-order valence-electron chi connectivity index (χ4n) is 7.67. The average Bonchev–Trinajstić information content (AvgIpc) is 3.21. The van der Waals surface area contributed by atoms with E-state index < -0.39 is 5.60 Å². The Morgan fingerprint density at radius 1 is 0.688 bits per heavy atom. The molecule has 0 unspecified atom stereocenters. The molecular weight excluding hydrogens is 840 g/mol. The summed E-state index contributed by atoms with van der Waals surface area (Å²) >= 11 is 0. The number of carbonyl (C=O) groups is 3. The Bertz CT molecular complexity index is 1700. The van der Waals surface area contributed by atoms with Crippen LogP contribution in [0.15, 0.2) is 36.4 Å². The second-order valence-electron chi connectivity index (χ2n) is 18.4. The van der Waals surface area contributed by atoms with Crippen LogP contribution >= 0.6 is 12.4 Å². The van der Waals surface area contributed by atoms with E-state index >= 15 is 0 Å². The number of nitrogens with zero attached hydrogens (tertiary/aromatic N) is 3. The topological polar surface area (TPSA) is 138 Å². The van der Waals surface area contributed by atoms with Crippen LogP contribution in [0.2, 0.25) is 0 Å². The Morgan fingerprint density at radius 3 is 1.56 bits per heavy atom. The number of ether oxygens (including phenoxy) is 7. The van der Waals surface area contributed by atoms with Gasteiger partial charge in [-0.2, -0.15) is 0 Å². The minimum Gasteiger partial charge on any atom is -0.490 e.